The second kappa shape index (κ2) is 8.52. The lowest BCUT2D eigenvalue weighted by molar-refractivity contribution is 0.0623. The van der Waals surface area contributed by atoms with E-state index >= 15 is 0 Å². The van der Waals surface area contributed by atoms with E-state index in [-0.39, 0.29) is 11.9 Å². The molecule has 28 heavy (non-hydrogen) atoms. The number of aromatic nitrogens is 3. The smallest absolute Gasteiger partial charge is 0.270 e. The number of carbonyl (C=O) groups excluding carboxylic acids is 1. The summed E-state index contributed by atoms with van der Waals surface area (Å²) in [6.45, 7) is 3.55. The van der Waals surface area contributed by atoms with Gasteiger partial charge in [0, 0.05) is 54.0 Å². The monoisotopic (exact) mass is 377 g/mol. The van der Waals surface area contributed by atoms with Crippen molar-refractivity contribution in [3.63, 3.8) is 0 Å². The van der Waals surface area contributed by atoms with Gasteiger partial charge in [0.25, 0.3) is 5.91 Å². The van der Waals surface area contributed by atoms with E-state index in [1.807, 2.05) is 47.6 Å². The number of hydrogen-bond donors (Lipinski definition) is 2. The van der Waals surface area contributed by atoms with Crippen molar-refractivity contribution in [2.75, 3.05) is 6.54 Å². The Hall–Kier alpha value is -2.73. The summed E-state index contributed by atoms with van der Waals surface area (Å²) >= 11 is 0. The average Bonchev–Trinajstić information content (AvgIpc) is 3.18. The molecule has 2 unspecified atom stereocenters. The third-order valence-electron chi connectivity index (χ3n) is 5.66. The number of amides is 1. The SMILES string of the molecule is CCN(C(=O)c1cc2ccccc2[nH]1)C1CCCC(NCc2cncnc2)C1. The van der Waals surface area contributed by atoms with Gasteiger partial charge in [0.1, 0.15) is 12.0 Å². The van der Waals surface area contributed by atoms with Gasteiger partial charge in [-0.2, -0.15) is 0 Å². The van der Waals surface area contributed by atoms with E-state index in [9.17, 15) is 4.79 Å². The highest BCUT2D eigenvalue weighted by Crippen LogP contribution is 2.25. The van der Waals surface area contributed by atoms with Crippen LogP contribution in [-0.4, -0.2) is 44.4 Å². The van der Waals surface area contributed by atoms with Crippen LogP contribution >= 0.6 is 0 Å². The molecule has 2 aromatic heterocycles. The molecule has 6 nitrogen and oxygen atoms in total. The number of benzene rings is 1. The molecule has 1 aromatic carbocycles. The van der Waals surface area contributed by atoms with Crippen molar-refractivity contribution in [1.29, 1.82) is 0 Å². The zero-order valence-corrected chi connectivity index (χ0v) is 16.3. The Bertz CT molecular complexity index is 890. The van der Waals surface area contributed by atoms with Gasteiger partial charge in [-0.3, -0.25) is 4.79 Å². The molecule has 2 heterocycles. The fraction of sp³-hybridized carbons (Fsp3) is 0.409. The maximum atomic E-state index is 13.2. The predicted molar refractivity (Wildman–Crippen MR) is 110 cm³/mol. The van der Waals surface area contributed by atoms with Crippen LogP contribution in [0, 0.1) is 0 Å². The largest absolute Gasteiger partial charge is 0.351 e. The standard InChI is InChI=1S/C22H27N5O/c1-2-27(22(28)21-10-17-6-3-4-9-20(17)26-21)19-8-5-7-18(11-19)25-14-16-12-23-15-24-13-16/h3-4,6,9-10,12-13,15,18-19,25-26H,2,5,7-8,11,14H2,1H3. The molecule has 0 aliphatic heterocycles. The van der Waals surface area contributed by atoms with Gasteiger partial charge < -0.3 is 15.2 Å². The lowest BCUT2D eigenvalue weighted by atomic mass is 9.89. The molecule has 3 aromatic rings. The molecule has 2 atom stereocenters. The number of hydrogen-bond acceptors (Lipinski definition) is 4. The van der Waals surface area contributed by atoms with Crippen molar-refractivity contribution in [3.05, 3.63) is 60.3 Å². The van der Waals surface area contributed by atoms with Crippen molar-refractivity contribution in [1.82, 2.24) is 25.2 Å². The van der Waals surface area contributed by atoms with Crippen LogP contribution in [0.15, 0.2) is 49.1 Å². The number of nitrogens with one attached hydrogen (secondary N) is 2. The maximum Gasteiger partial charge on any atom is 0.270 e. The molecule has 2 N–H and O–H groups in total. The van der Waals surface area contributed by atoms with E-state index in [0.29, 0.717) is 11.7 Å². The van der Waals surface area contributed by atoms with Gasteiger partial charge in [-0.05, 0) is 44.7 Å². The number of fused-ring (bicyclic) bond motifs is 1. The molecular formula is C22H27N5O. The Balaban J connectivity index is 1.42. The van der Waals surface area contributed by atoms with Gasteiger partial charge in [0.05, 0.1) is 0 Å². The highest BCUT2D eigenvalue weighted by atomic mass is 16.2. The number of carbonyl (C=O) groups is 1. The summed E-state index contributed by atoms with van der Waals surface area (Å²) in [4.78, 5) is 26.7. The third kappa shape index (κ3) is 4.07. The van der Waals surface area contributed by atoms with Gasteiger partial charge in [-0.25, -0.2) is 9.97 Å². The molecule has 0 bridgehead atoms. The summed E-state index contributed by atoms with van der Waals surface area (Å²) < 4.78 is 0. The number of aromatic amines is 1. The Morgan fingerprint density at radius 1 is 1.25 bits per heavy atom. The zero-order chi connectivity index (χ0) is 19.3. The van der Waals surface area contributed by atoms with Crippen LogP contribution in [0.2, 0.25) is 0 Å². The highest BCUT2D eigenvalue weighted by molar-refractivity contribution is 5.98. The summed E-state index contributed by atoms with van der Waals surface area (Å²) in [6, 6.07) is 10.7. The molecule has 0 spiro atoms. The van der Waals surface area contributed by atoms with E-state index in [4.69, 9.17) is 0 Å². The van der Waals surface area contributed by atoms with Crippen molar-refractivity contribution < 1.29 is 4.79 Å². The van der Waals surface area contributed by atoms with Crippen LogP contribution in [0.5, 0.6) is 0 Å². The minimum absolute atomic E-state index is 0.0980. The molecule has 4 rings (SSSR count). The lowest BCUT2D eigenvalue weighted by Crippen LogP contribution is -2.46. The topological polar surface area (TPSA) is 73.9 Å². The Kier molecular flexibility index (Phi) is 5.67. The minimum atomic E-state index is 0.0980. The normalized spacial score (nSPS) is 19.6. The molecular weight excluding hydrogens is 350 g/mol. The molecule has 1 fully saturated rings. The number of nitrogens with zero attached hydrogens (tertiary/aromatic N) is 3. The Morgan fingerprint density at radius 2 is 2.07 bits per heavy atom. The van der Waals surface area contributed by atoms with Crippen LogP contribution in [0.25, 0.3) is 10.9 Å². The first kappa shape index (κ1) is 18.6. The predicted octanol–water partition coefficient (Wildman–Crippen LogP) is 3.52. The molecule has 0 radical (unpaired) electrons. The molecule has 146 valence electrons. The fourth-order valence-electron chi connectivity index (χ4n) is 4.23. The number of para-hydroxylation sites is 1. The van der Waals surface area contributed by atoms with E-state index in [2.05, 4.69) is 27.2 Å². The maximum absolute atomic E-state index is 13.2. The van der Waals surface area contributed by atoms with Gasteiger partial charge in [-0.15, -0.1) is 0 Å². The minimum Gasteiger partial charge on any atom is -0.351 e. The van der Waals surface area contributed by atoms with Crippen molar-refractivity contribution in [3.8, 4) is 0 Å². The Labute approximate surface area is 165 Å². The van der Waals surface area contributed by atoms with Crippen molar-refractivity contribution >= 4 is 16.8 Å². The third-order valence-corrected chi connectivity index (χ3v) is 5.66. The van der Waals surface area contributed by atoms with E-state index < -0.39 is 0 Å². The number of H-pyrrole nitrogens is 1. The van der Waals surface area contributed by atoms with Crippen molar-refractivity contribution in [2.45, 2.75) is 51.2 Å². The first-order valence-corrected chi connectivity index (χ1v) is 10.1. The quantitative estimate of drug-likeness (QED) is 0.689. The van der Waals surface area contributed by atoms with Crippen LogP contribution < -0.4 is 5.32 Å². The average molecular weight is 377 g/mol. The van der Waals surface area contributed by atoms with Crippen LogP contribution in [-0.2, 0) is 6.54 Å². The summed E-state index contributed by atoms with van der Waals surface area (Å²) in [6.07, 6.45) is 9.55. The van der Waals surface area contributed by atoms with Gasteiger partial charge in [-0.1, -0.05) is 18.2 Å². The molecule has 1 aliphatic carbocycles. The van der Waals surface area contributed by atoms with Gasteiger partial charge in [0.2, 0.25) is 0 Å². The summed E-state index contributed by atoms with van der Waals surface area (Å²) in [7, 11) is 0. The number of rotatable bonds is 6. The van der Waals surface area contributed by atoms with Gasteiger partial charge >= 0.3 is 0 Å². The molecule has 6 heteroatoms. The molecule has 1 aliphatic rings. The second-order valence-electron chi connectivity index (χ2n) is 7.51. The zero-order valence-electron chi connectivity index (χ0n) is 16.3. The van der Waals surface area contributed by atoms with Crippen LogP contribution in [0.3, 0.4) is 0 Å². The van der Waals surface area contributed by atoms with E-state index in [1.54, 1.807) is 6.33 Å². The van der Waals surface area contributed by atoms with Gasteiger partial charge in [0.15, 0.2) is 0 Å². The highest BCUT2D eigenvalue weighted by Gasteiger charge is 2.29. The lowest BCUT2D eigenvalue weighted by Gasteiger charge is -2.37. The van der Waals surface area contributed by atoms with Crippen molar-refractivity contribution in [2.24, 2.45) is 0 Å². The van der Waals surface area contributed by atoms with E-state index in [1.165, 1.54) is 0 Å². The Morgan fingerprint density at radius 3 is 2.86 bits per heavy atom. The molecule has 1 saturated carbocycles. The summed E-state index contributed by atoms with van der Waals surface area (Å²) in [5.74, 6) is 0.0980. The molecule has 1 amide bonds. The van der Waals surface area contributed by atoms with Crippen LogP contribution in [0.4, 0.5) is 0 Å². The second-order valence-corrected chi connectivity index (χ2v) is 7.51. The summed E-state index contributed by atoms with van der Waals surface area (Å²) in [5, 5.41) is 4.70. The van der Waals surface area contributed by atoms with Crippen LogP contribution in [0.1, 0.15) is 48.7 Å². The molecule has 0 saturated heterocycles. The first-order valence-electron chi connectivity index (χ1n) is 10.1. The fourth-order valence-corrected chi connectivity index (χ4v) is 4.23. The van der Waals surface area contributed by atoms with E-state index in [0.717, 1.165) is 55.2 Å². The summed E-state index contributed by atoms with van der Waals surface area (Å²) in [5.41, 5.74) is 2.78. The first-order chi connectivity index (χ1) is 13.7.